The minimum Gasteiger partial charge on any atom is -0.459 e. The van der Waals surface area contributed by atoms with Gasteiger partial charge >= 0.3 is 5.97 Å². The van der Waals surface area contributed by atoms with Crippen LogP contribution in [-0.4, -0.2) is 44.8 Å². The van der Waals surface area contributed by atoms with Crippen molar-refractivity contribution in [3.05, 3.63) is 89.0 Å². The lowest BCUT2D eigenvalue weighted by atomic mass is 9.92. The summed E-state index contributed by atoms with van der Waals surface area (Å²) < 4.78 is 31.5. The van der Waals surface area contributed by atoms with Crippen LogP contribution in [0.25, 0.3) is 0 Å². The number of ether oxygens (including phenoxy) is 1. The summed E-state index contributed by atoms with van der Waals surface area (Å²) in [4.78, 5) is 19.9. The van der Waals surface area contributed by atoms with Gasteiger partial charge in [-0.2, -0.15) is 0 Å². The first-order valence-electron chi connectivity index (χ1n) is 12.8. The SMILES string of the molecule is CN(c1cc2cc(n1)N(Cc1ccccc1)CCCCc1cccc(c1)CC(C)(N)C(=O)OC2)S(C)(=O)=O. The maximum atomic E-state index is 13.0. The molecule has 0 amide bonds. The van der Waals surface area contributed by atoms with E-state index in [-0.39, 0.29) is 12.4 Å². The Hall–Kier alpha value is -3.43. The highest BCUT2D eigenvalue weighted by Crippen LogP contribution is 2.25. The lowest BCUT2D eigenvalue weighted by Crippen LogP contribution is -2.48. The number of rotatable bonds is 4. The van der Waals surface area contributed by atoms with Crippen molar-refractivity contribution in [1.29, 1.82) is 0 Å². The van der Waals surface area contributed by atoms with Crippen LogP contribution in [0.5, 0.6) is 0 Å². The lowest BCUT2D eigenvalue weighted by Gasteiger charge is -2.27. The number of aryl methyl sites for hydroxylation is 1. The lowest BCUT2D eigenvalue weighted by molar-refractivity contribution is -0.150. The summed E-state index contributed by atoms with van der Waals surface area (Å²) in [5, 5.41) is 0. The van der Waals surface area contributed by atoms with Gasteiger partial charge in [0.2, 0.25) is 10.0 Å². The van der Waals surface area contributed by atoms with Gasteiger partial charge in [-0.25, -0.2) is 13.4 Å². The largest absolute Gasteiger partial charge is 0.459 e. The van der Waals surface area contributed by atoms with Gasteiger partial charge in [-0.3, -0.25) is 9.10 Å². The van der Waals surface area contributed by atoms with Crippen LogP contribution in [-0.2, 0) is 45.5 Å². The Labute approximate surface area is 225 Å². The Balaban J connectivity index is 1.74. The minimum atomic E-state index is -3.55. The van der Waals surface area contributed by atoms with Gasteiger partial charge in [0.15, 0.2) is 0 Å². The Morgan fingerprint density at radius 2 is 1.76 bits per heavy atom. The predicted molar refractivity (Wildman–Crippen MR) is 150 cm³/mol. The molecule has 0 saturated carbocycles. The number of fused-ring (bicyclic) bond motifs is 4. The third-order valence-corrected chi connectivity index (χ3v) is 7.94. The normalized spacial score (nSPS) is 19.1. The van der Waals surface area contributed by atoms with Crippen molar-refractivity contribution in [2.24, 2.45) is 5.73 Å². The number of carbonyl (C=O) groups excluding carboxylic acids is 1. The molecule has 9 heteroatoms. The second-order valence-electron chi connectivity index (χ2n) is 10.3. The Morgan fingerprint density at radius 1 is 1.03 bits per heavy atom. The molecule has 0 fully saturated rings. The minimum absolute atomic E-state index is 0.0506. The van der Waals surface area contributed by atoms with Gasteiger partial charge in [0.25, 0.3) is 0 Å². The predicted octanol–water partition coefficient (Wildman–Crippen LogP) is 3.82. The highest BCUT2D eigenvalue weighted by atomic mass is 32.2. The Kier molecular flexibility index (Phi) is 8.38. The molecule has 1 unspecified atom stereocenters. The fourth-order valence-corrected chi connectivity index (χ4v) is 4.98. The van der Waals surface area contributed by atoms with Crippen LogP contribution in [0.1, 0.15) is 42.0 Å². The number of esters is 1. The topological polar surface area (TPSA) is 106 Å². The molecular weight excluding hydrogens is 500 g/mol. The van der Waals surface area contributed by atoms with Crippen molar-refractivity contribution >= 4 is 27.6 Å². The van der Waals surface area contributed by atoms with Gasteiger partial charge in [0, 0.05) is 26.6 Å². The Bertz CT molecular complexity index is 1380. The summed E-state index contributed by atoms with van der Waals surface area (Å²) in [6, 6.07) is 21.8. The number of nitrogens with zero attached hydrogens (tertiary/aromatic N) is 3. The monoisotopic (exact) mass is 536 g/mol. The number of anilines is 2. The smallest absolute Gasteiger partial charge is 0.326 e. The fraction of sp³-hybridized carbons (Fsp3) is 0.379. The molecule has 0 saturated heterocycles. The van der Waals surface area contributed by atoms with Crippen LogP contribution in [0.2, 0.25) is 0 Å². The van der Waals surface area contributed by atoms with E-state index < -0.39 is 21.5 Å². The third kappa shape index (κ3) is 7.11. The maximum Gasteiger partial charge on any atom is 0.326 e. The van der Waals surface area contributed by atoms with Crippen LogP contribution in [0.4, 0.5) is 11.6 Å². The van der Waals surface area contributed by atoms with Crippen LogP contribution in [0.3, 0.4) is 0 Å². The van der Waals surface area contributed by atoms with Gasteiger partial charge in [-0.15, -0.1) is 0 Å². The quantitative estimate of drug-likeness (QED) is 0.505. The van der Waals surface area contributed by atoms with E-state index in [9.17, 15) is 13.2 Å². The number of pyridine rings is 1. The number of sulfonamides is 1. The average molecular weight is 537 g/mol. The molecule has 2 N–H and O–H groups in total. The van der Waals surface area contributed by atoms with E-state index in [0.29, 0.717) is 24.3 Å². The molecule has 0 aliphatic carbocycles. The molecule has 3 aromatic rings. The standard InChI is InChI=1S/C29H36N4O4S/c1-29(30)19-24-14-9-13-22(16-24)10-7-8-15-33(20-23-11-5-4-6-12-23)27-18-25(21-37-28(29)34)17-26(31-27)32(2)38(3,35)36/h4-6,9,11-14,16-18H,7-8,10,15,19-21,30H2,1-3H3. The molecule has 1 aliphatic heterocycles. The number of benzene rings is 2. The molecule has 8 nitrogen and oxygen atoms in total. The zero-order valence-electron chi connectivity index (χ0n) is 22.3. The number of nitrogens with two attached hydrogens (primary N) is 1. The third-order valence-electron chi connectivity index (χ3n) is 6.76. The second kappa shape index (κ2) is 11.5. The highest BCUT2D eigenvalue weighted by molar-refractivity contribution is 7.92. The molecule has 0 radical (unpaired) electrons. The summed E-state index contributed by atoms with van der Waals surface area (Å²) in [5.41, 5.74) is 9.14. The van der Waals surface area contributed by atoms with Crippen molar-refractivity contribution in [2.75, 3.05) is 29.1 Å². The summed E-state index contributed by atoms with van der Waals surface area (Å²) in [5.74, 6) is 0.366. The summed E-state index contributed by atoms with van der Waals surface area (Å²) in [7, 11) is -2.08. The van der Waals surface area contributed by atoms with Gasteiger partial charge < -0.3 is 15.4 Å². The number of hydrogen-bond donors (Lipinski definition) is 1. The van der Waals surface area contributed by atoms with Gasteiger partial charge in [-0.05, 0) is 60.6 Å². The molecule has 1 aromatic heterocycles. The van der Waals surface area contributed by atoms with Crippen LogP contribution in [0.15, 0.2) is 66.7 Å². The van der Waals surface area contributed by atoms with E-state index in [4.69, 9.17) is 15.5 Å². The van der Waals surface area contributed by atoms with E-state index in [1.165, 1.54) is 12.6 Å². The van der Waals surface area contributed by atoms with E-state index in [2.05, 4.69) is 29.2 Å². The fourth-order valence-electron chi connectivity index (χ4n) is 4.55. The van der Waals surface area contributed by atoms with Gasteiger partial charge in [0.05, 0.1) is 6.26 Å². The van der Waals surface area contributed by atoms with E-state index in [0.717, 1.165) is 47.5 Å². The second-order valence-corrected chi connectivity index (χ2v) is 12.3. The number of aromatic nitrogens is 1. The first kappa shape index (κ1) is 27.6. The first-order chi connectivity index (χ1) is 18.0. The highest BCUT2D eigenvalue weighted by Gasteiger charge is 2.31. The van der Waals surface area contributed by atoms with Gasteiger partial charge in [-0.1, -0.05) is 54.6 Å². The number of hydrogen-bond acceptors (Lipinski definition) is 7. The molecule has 0 spiro atoms. The molecular formula is C29H36N4O4S. The number of carbonyl (C=O) groups is 1. The molecule has 2 aromatic carbocycles. The van der Waals surface area contributed by atoms with E-state index >= 15 is 0 Å². The molecule has 38 heavy (non-hydrogen) atoms. The van der Waals surface area contributed by atoms with Crippen molar-refractivity contribution in [1.82, 2.24) is 4.98 Å². The maximum absolute atomic E-state index is 13.0. The van der Waals surface area contributed by atoms with Crippen molar-refractivity contribution < 1.29 is 17.9 Å². The Morgan fingerprint density at radius 3 is 2.50 bits per heavy atom. The van der Waals surface area contributed by atoms with Crippen molar-refractivity contribution in [3.63, 3.8) is 0 Å². The van der Waals surface area contributed by atoms with Crippen molar-refractivity contribution in [2.45, 2.75) is 51.3 Å². The summed E-state index contributed by atoms with van der Waals surface area (Å²) in [6.45, 7) is 2.96. The molecule has 4 bridgehead atoms. The van der Waals surface area contributed by atoms with Crippen LogP contribution in [0, 0.1) is 0 Å². The zero-order chi connectivity index (χ0) is 27.3. The van der Waals surface area contributed by atoms with Crippen molar-refractivity contribution in [3.8, 4) is 0 Å². The van der Waals surface area contributed by atoms with E-state index in [1.54, 1.807) is 13.0 Å². The average Bonchev–Trinajstić information content (AvgIpc) is 2.88. The molecule has 1 atom stereocenters. The molecule has 4 rings (SSSR count). The first-order valence-corrected chi connectivity index (χ1v) is 14.6. The molecule has 2 heterocycles. The molecule has 1 aliphatic rings. The number of cyclic esters (lactones) is 1. The zero-order valence-corrected chi connectivity index (χ0v) is 23.1. The van der Waals surface area contributed by atoms with E-state index in [1.807, 2.05) is 36.4 Å². The summed E-state index contributed by atoms with van der Waals surface area (Å²) >= 11 is 0. The van der Waals surface area contributed by atoms with Crippen LogP contribution >= 0.6 is 0 Å². The summed E-state index contributed by atoms with van der Waals surface area (Å²) in [6.07, 6.45) is 4.27. The van der Waals surface area contributed by atoms with Gasteiger partial charge in [0.1, 0.15) is 23.8 Å². The molecule has 202 valence electrons. The van der Waals surface area contributed by atoms with Crippen LogP contribution < -0.4 is 14.9 Å².